The van der Waals surface area contributed by atoms with E-state index in [1.165, 1.54) is 5.56 Å². The molecule has 0 spiro atoms. The van der Waals surface area contributed by atoms with Crippen molar-refractivity contribution in [2.45, 2.75) is 38.3 Å². The van der Waals surface area contributed by atoms with Gasteiger partial charge in [-0.3, -0.25) is 9.69 Å². The molecule has 2 aliphatic heterocycles. The number of hydrogen-bond acceptors (Lipinski definition) is 5. The van der Waals surface area contributed by atoms with Gasteiger partial charge in [-0.1, -0.05) is 37.3 Å². The Balaban J connectivity index is 1.59. The standard InChI is InChI=1S/C23H36N4O4/c1-2-20(18-19-6-4-3-5-7-19)24-22(28)21(8-9-26-10-14-30-15-11-26)25-23(29)27-12-16-31-17-13-27/h3-7,20-21H,2,8-18H2,1H3,(H,24,28)(H,25,29). The number of urea groups is 1. The second kappa shape index (κ2) is 12.6. The number of amides is 3. The molecule has 2 atom stereocenters. The van der Waals surface area contributed by atoms with Gasteiger partial charge >= 0.3 is 6.03 Å². The van der Waals surface area contributed by atoms with Gasteiger partial charge in [0.1, 0.15) is 6.04 Å². The third-order valence-corrected chi connectivity index (χ3v) is 5.91. The van der Waals surface area contributed by atoms with Crippen LogP contribution in [-0.4, -0.2) is 93.0 Å². The average molecular weight is 433 g/mol. The zero-order valence-electron chi connectivity index (χ0n) is 18.6. The summed E-state index contributed by atoms with van der Waals surface area (Å²) in [4.78, 5) is 29.9. The normalized spacial score (nSPS) is 19.5. The van der Waals surface area contributed by atoms with Crippen molar-refractivity contribution < 1.29 is 19.1 Å². The molecule has 2 aliphatic rings. The lowest BCUT2D eigenvalue weighted by molar-refractivity contribution is -0.124. The summed E-state index contributed by atoms with van der Waals surface area (Å²) in [5.41, 5.74) is 1.19. The molecule has 31 heavy (non-hydrogen) atoms. The van der Waals surface area contributed by atoms with Gasteiger partial charge in [0.15, 0.2) is 0 Å². The lowest BCUT2D eigenvalue weighted by Crippen LogP contribution is -2.55. The van der Waals surface area contributed by atoms with Crippen LogP contribution in [0.15, 0.2) is 30.3 Å². The first-order valence-electron chi connectivity index (χ1n) is 11.4. The zero-order chi connectivity index (χ0) is 21.9. The monoisotopic (exact) mass is 432 g/mol. The third kappa shape index (κ3) is 7.79. The Hall–Kier alpha value is -2.16. The molecule has 2 heterocycles. The molecule has 0 bridgehead atoms. The van der Waals surface area contributed by atoms with Crippen molar-refractivity contribution in [3.05, 3.63) is 35.9 Å². The number of carbonyl (C=O) groups is 2. The summed E-state index contributed by atoms with van der Waals surface area (Å²) in [7, 11) is 0. The van der Waals surface area contributed by atoms with E-state index in [0.29, 0.717) is 45.9 Å². The Morgan fingerprint density at radius 1 is 0.968 bits per heavy atom. The Bertz CT molecular complexity index is 675. The molecule has 8 heteroatoms. The van der Waals surface area contributed by atoms with Crippen molar-refractivity contribution in [3.8, 4) is 0 Å². The molecule has 3 rings (SSSR count). The minimum Gasteiger partial charge on any atom is -0.379 e. The van der Waals surface area contributed by atoms with Crippen LogP contribution in [0.2, 0.25) is 0 Å². The molecule has 0 aromatic heterocycles. The van der Waals surface area contributed by atoms with Crippen LogP contribution in [0.3, 0.4) is 0 Å². The highest BCUT2D eigenvalue weighted by Gasteiger charge is 2.27. The Kier molecular flexibility index (Phi) is 9.58. The number of ether oxygens (including phenoxy) is 2. The van der Waals surface area contributed by atoms with Crippen LogP contribution < -0.4 is 10.6 Å². The molecule has 2 saturated heterocycles. The van der Waals surface area contributed by atoms with E-state index >= 15 is 0 Å². The summed E-state index contributed by atoms with van der Waals surface area (Å²) in [5, 5.41) is 6.15. The van der Waals surface area contributed by atoms with Crippen molar-refractivity contribution in [2.75, 3.05) is 59.2 Å². The SMILES string of the molecule is CCC(Cc1ccccc1)NC(=O)C(CCN1CCOCC1)NC(=O)N1CCOCC1. The molecule has 3 amide bonds. The van der Waals surface area contributed by atoms with Gasteiger partial charge in [0.2, 0.25) is 5.91 Å². The highest BCUT2D eigenvalue weighted by atomic mass is 16.5. The number of nitrogens with one attached hydrogen (secondary N) is 2. The van der Waals surface area contributed by atoms with Gasteiger partial charge in [-0.2, -0.15) is 0 Å². The fourth-order valence-electron chi connectivity index (χ4n) is 3.91. The van der Waals surface area contributed by atoms with E-state index in [-0.39, 0.29) is 18.0 Å². The van der Waals surface area contributed by atoms with Gasteiger partial charge in [-0.15, -0.1) is 0 Å². The first kappa shape index (κ1) is 23.5. The number of benzene rings is 1. The second-order valence-electron chi connectivity index (χ2n) is 8.15. The van der Waals surface area contributed by atoms with Crippen LogP contribution in [0.4, 0.5) is 4.79 Å². The molecule has 172 valence electrons. The minimum absolute atomic E-state index is 0.0288. The Morgan fingerprint density at radius 3 is 2.26 bits per heavy atom. The second-order valence-corrected chi connectivity index (χ2v) is 8.15. The fourth-order valence-corrected chi connectivity index (χ4v) is 3.91. The summed E-state index contributed by atoms with van der Waals surface area (Å²) in [5.74, 6) is -0.113. The van der Waals surface area contributed by atoms with E-state index in [2.05, 4.69) is 34.6 Å². The van der Waals surface area contributed by atoms with E-state index in [0.717, 1.165) is 32.5 Å². The molecule has 2 fully saturated rings. The zero-order valence-corrected chi connectivity index (χ0v) is 18.6. The lowest BCUT2D eigenvalue weighted by atomic mass is 10.0. The highest BCUT2D eigenvalue weighted by molar-refractivity contribution is 5.87. The van der Waals surface area contributed by atoms with Gasteiger partial charge in [-0.25, -0.2) is 4.79 Å². The first-order chi connectivity index (χ1) is 15.2. The maximum absolute atomic E-state index is 13.2. The highest BCUT2D eigenvalue weighted by Crippen LogP contribution is 2.08. The Labute approximate surface area is 185 Å². The summed E-state index contributed by atoms with van der Waals surface area (Å²) in [6.45, 7) is 8.14. The number of morpholine rings is 2. The number of rotatable bonds is 9. The average Bonchev–Trinajstić information content (AvgIpc) is 2.83. The van der Waals surface area contributed by atoms with Gasteiger partial charge in [0, 0.05) is 38.8 Å². The third-order valence-electron chi connectivity index (χ3n) is 5.91. The van der Waals surface area contributed by atoms with Crippen LogP contribution in [0.5, 0.6) is 0 Å². The van der Waals surface area contributed by atoms with E-state index in [9.17, 15) is 9.59 Å². The number of nitrogens with zero attached hydrogens (tertiary/aromatic N) is 2. The number of hydrogen-bond donors (Lipinski definition) is 2. The number of carbonyl (C=O) groups excluding carboxylic acids is 2. The van der Waals surface area contributed by atoms with Crippen molar-refractivity contribution in [2.24, 2.45) is 0 Å². The molecule has 2 N–H and O–H groups in total. The van der Waals surface area contributed by atoms with E-state index < -0.39 is 6.04 Å². The van der Waals surface area contributed by atoms with E-state index in [4.69, 9.17) is 9.47 Å². The Morgan fingerprint density at radius 2 is 1.61 bits per heavy atom. The fraction of sp³-hybridized carbons (Fsp3) is 0.652. The van der Waals surface area contributed by atoms with Crippen LogP contribution >= 0.6 is 0 Å². The van der Waals surface area contributed by atoms with E-state index in [1.807, 2.05) is 18.2 Å². The molecule has 2 unspecified atom stereocenters. The van der Waals surface area contributed by atoms with E-state index in [1.54, 1.807) is 4.90 Å². The van der Waals surface area contributed by atoms with Crippen LogP contribution in [-0.2, 0) is 20.7 Å². The van der Waals surface area contributed by atoms with Crippen molar-refractivity contribution in [3.63, 3.8) is 0 Å². The smallest absolute Gasteiger partial charge is 0.318 e. The molecule has 0 saturated carbocycles. The van der Waals surface area contributed by atoms with Gasteiger partial charge < -0.3 is 25.0 Å². The van der Waals surface area contributed by atoms with Crippen LogP contribution in [0.25, 0.3) is 0 Å². The minimum atomic E-state index is -0.567. The summed E-state index contributed by atoms with van der Waals surface area (Å²) >= 11 is 0. The summed E-state index contributed by atoms with van der Waals surface area (Å²) in [6.07, 6.45) is 2.18. The van der Waals surface area contributed by atoms with Crippen LogP contribution in [0.1, 0.15) is 25.3 Å². The van der Waals surface area contributed by atoms with Crippen molar-refractivity contribution >= 4 is 11.9 Å². The predicted molar refractivity (Wildman–Crippen MR) is 119 cm³/mol. The van der Waals surface area contributed by atoms with Crippen molar-refractivity contribution in [1.82, 2.24) is 20.4 Å². The molecule has 0 radical (unpaired) electrons. The quantitative estimate of drug-likeness (QED) is 0.614. The molecule has 8 nitrogen and oxygen atoms in total. The lowest BCUT2D eigenvalue weighted by Gasteiger charge is -2.31. The van der Waals surface area contributed by atoms with Gasteiger partial charge in [0.05, 0.1) is 26.4 Å². The topological polar surface area (TPSA) is 83.1 Å². The molecular weight excluding hydrogens is 396 g/mol. The van der Waals surface area contributed by atoms with Crippen LogP contribution in [0, 0.1) is 0 Å². The maximum atomic E-state index is 13.2. The summed E-state index contributed by atoms with van der Waals surface area (Å²) in [6, 6.07) is 9.43. The van der Waals surface area contributed by atoms with Gasteiger partial charge in [-0.05, 0) is 24.8 Å². The molecule has 0 aliphatic carbocycles. The predicted octanol–water partition coefficient (Wildman–Crippen LogP) is 1.26. The largest absolute Gasteiger partial charge is 0.379 e. The van der Waals surface area contributed by atoms with Gasteiger partial charge in [0.25, 0.3) is 0 Å². The summed E-state index contributed by atoms with van der Waals surface area (Å²) < 4.78 is 10.7. The maximum Gasteiger partial charge on any atom is 0.318 e. The first-order valence-corrected chi connectivity index (χ1v) is 11.4. The van der Waals surface area contributed by atoms with Crippen molar-refractivity contribution in [1.29, 1.82) is 0 Å². The molecule has 1 aromatic carbocycles. The molecular formula is C23H36N4O4. The molecule has 1 aromatic rings.